The number of carboxylic acids is 2. The van der Waals surface area contributed by atoms with E-state index in [9.17, 15) is 29.4 Å². The predicted molar refractivity (Wildman–Crippen MR) is 146 cm³/mol. The number of carbonyl (C=O) groups is 4. The van der Waals surface area contributed by atoms with Crippen LogP contribution in [0, 0.1) is 11.8 Å². The molecule has 0 fully saturated rings. The van der Waals surface area contributed by atoms with Crippen LogP contribution in [0.4, 0.5) is 0 Å². The first-order chi connectivity index (χ1) is 18.0. The van der Waals surface area contributed by atoms with E-state index < -0.39 is 35.0 Å². The number of carboxylic acid groups (broad SMARTS) is 2. The zero-order valence-corrected chi connectivity index (χ0v) is 23.6. The molecular formula is C30H46O8. The van der Waals surface area contributed by atoms with Crippen LogP contribution in [-0.2, 0) is 9.47 Å². The molecule has 0 radical (unpaired) electrons. The van der Waals surface area contributed by atoms with Crippen molar-refractivity contribution in [1.82, 2.24) is 0 Å². The van der Waals surface area contributed by atoms with Gasteiger partial charge in [-0.1, -0.05) is 91.9 Å². The first kappa shape index (κ1) is 33.1. The van der Waals surface area contributed by atoms with Crippen LogP contribution in [0.25, 0.3) is 0 Å². The highest BCUT2D eigenvalue weighted by Gasteiger charge is 2.27. The Hall–Kier alpha value is -2.90. The Kier molecular flexibility index (Phi) is 16.0. The van der Waals surface area contributed by atoms with Crippen molar-refractivity contribution in [3.8, 4) is 0 Å². The molecule has 214 valence electrons. The van der Waals surface area contributed by atoms with Crippen LogP contribution in [-0.4, -0.2) is 47.3 Å². The Bertz CT molecular complexity index is 831. The Morgan fingerprint density at radius 1 is 0.553 bits per heavy atom. The zero-order valence-electron chi connectivity index (χ0n) is 23.6. The normalized spacial score (nSPS) is 11.1. The lowest BCUT2D eigenvalue weighted by Crippen LogP contribution is -2.19. The highest BCUT2D eigenvalue weighted by atomic mass is 16.5. The number of hydrogen-bond donors (Lipinski definition) is 2. The summed E-state index contributed by atoms with van der Waals surface area (Å²) in [5.41, 5.74) is -1.79. The fourth-order valence-corrected chi connectivity index (χ4v) is 4.15. The molecule has 0 aliphatic rings. The van der Waals surface area contributed by atoms with Gasteiger partial charge in [0, 0.05) is 0 Å². The summed E-state index contributed by atoms with van der Waals surface area (Å²) in [5.74, 6) is -3.42. The lowest BCUT2D eigenvalue weighted by Gasteiger charge is -2.13. The molecule has 0 unspecified atom stereocenters. The maximum absolute atomic E-state index is 12.8. The summed E-state index contributed by atoms with van der Waals surface area (Å²) < 4.78 is 10.6. The highest BCUT2D eigenvalue weighted by molar-refractivity contribution is 6.09. The van der Waals surface area contributed by atoms with E-state index in [1.54, 1.807) is 0 Å². The quantitative estimate of drug-likeness (QED) is 0.131. The fraction of sp³-hybridized carbons (Fsp3) is 0.667. The number of aromatic carboxylic acids is 2. The monoisotopic (exact) mass is 534 g/mol. The summed E-state index contributed by atoms with van der Waals surface area (Å²) in [7, 11) is 0. The van der Waals surface area contributed by atoms with Gasteiger partial charge >= 0.3 is 23.9 Å². The largest absolute Gasteiger partial charge is 0.478 e. The second kappa shape index (κ2) is 18.4. The molecule has 0 heterocycles. The molecular weight excluding hydrogens is 488 g/mol. The van der Waals surface area contributed by atoms with Crippen LogP contribution in [0.5, 0.6) is 0 Å². The van der Waals surface area contributed by atoms with Crippen molar-refractivity contribution < 1.29 is 38.9 Å². The molecule has 8 heteroatoms. The van der Waals surface area contributed by atoms with Crippen LogP contribution in [0.15, 0.2) is 12.1 Å². The molecule has 0 aromatic heterocycles. The lowest BCUT2D eigenvalue weighted by atomic mass is 9.98. The van der Waals surface area contributed by atoms with Crippen molar-refractivity contribution in [3.63, 3.8) is 0 Å². The molecule has 0 aliphatic carbocycles. The lowest BCUT2D eigenvalue weighted by molar-refractivity contribution is 0.0449. The molecule has 0 aliphatic heterocycles. The van der Waals surface area contributed by atoms with Gasteiger partial charge in [0.25, 0.3) is 0 Å². The third-order valence-corrected chi connectivity index (χ3v) is 6.38. The first-order valence-corrected chi connectivity index (χ1v) is 14.0. The van der Waals surface area contributed by atoms with Gasteiger partial charge < -0.3 is 19.7 Å². The molecule has 38 heavy (non-hydrogen) atoms. The van der Waals surface area contributed by atoms with E-state index in [2.05, 4.69) is 27.7 Å². The fourth-order valence-electron chi connectivity index (χ4n) is 4.15. The maximum Gasteiger partial charge on any atom is 0.339 e. The molecule has 1 aromatic carbocycles. The third kappa shape index (κ3) is 13.1. The summed E-state index contributed by atoms with van der Waals surface area (Å²) >= 11 is 0. The van der Waals surface area contributed by atoms with E-state index in [1.807, 2.05) is 0 Å². The van der Waals surface area contributed by atoms with Crippen LogP contribution in [0.2, 0.25) is 0 Å². The van der Waals surface area contributed by atoms with Gasteiger partial charge in [-0.05, 0) is 36.8 Å². The second-order valence-corrected chi connectivity index (χ2v) is 10.7. The zero-order chi connectivity index (χ0) is 28.5. The minimum atomic E-state index is -1.52. The van der Waals surface area contributed by atoms with E-state index in [0.29, 0.717) is 24.7 Å². The minimum absolute atomic E-state index is 0.122. The van der Waals surface area contributed by atoms with Gasteiger partial charge in [0.1, 0.15) is 0 Å². The summed E-state index contributed by atoms with van der Waals surface area (Å²) in [4.78, 5) is 48.8. The number of ether oxygens (including phenoxy) is 2. The van der Waals surface area contributed by atoms with Crippen molar-refractivity contribution in [2.45, 2.75) is 105 Å². The van der Waals surface area contributed by atoms with Crippen LogP contribution in [0.1, 0.15) is 146 Å². The maximum atomic E-state index is 12.8. The molecule has 1 rings (SSSR count). The minimum Gasteiger partial charge on any atom is -0.478 e. The number of hydrogen-bond acceptors (Lipinski definition) is 6. The molecule has 1 aromatic rings. The number of carbonyl (C=O) groups excluding carboxylic acids is 2. The van der Waals surface area contributed by atoms with Crippen molar-refractivity contribution in [1.29, 1.82) is 0 Å². The summed E-state index contributed by atoms with van der Waals surface area (Å²) in [6.45, 7) is 9.02. The smallest absolute Gasteiger partial charge is 0.339 e. The number of unbranched alkanes of at least 4 members (excludes halogenated alkanes) is 8. The van der Waals surface area contributed by atoms with Crippen molar-refractivity contribution in [3.05, 3.63) is 34.4 Å². The molecule has 0 saturated heterocycles. The summed E-state index contributed by atoms with van der Waals surface area (Å²) in [5, 5.41) is 18.9. The molecule has 0 spiro atoms. The molecule has 0 amide bonds. The summed E-state index contributed by atoms with van der Waals surface area (Å²) in [6, 6.07) is 1.79. The Balaban J connectivity index is 2.76. The van der Waals surface area contributed by atoms with Gasteiger partial charge in [-0.3, -0.25) is 0 Å². The van der Waals surface area contributed by atoms with Crippen LogP contribution >= 0.6 is 0 Å². The molecule has 0 saturated carbocycles. The van der Waals surface area contributed by atoms with Crippen molar-refractivity contribution in [2.24, 2.45) is 11.8 Å². The van der Waals surface area contributed by atoms with Gasteiger partial charge in [-0.15, -0.1) is 0 Å². The van der Waals surface area contributed by atoms with E-state index in [1.165, 1.54) is 12.8 Å². The van der Waals surface area contributed by atoms with E-state index >= 15 is 0 Å². The van der Waals surface area contributed by atoms with Crippen molar-refractivity contribution in [2.75, 3.05) is 13.2 Å². The first-order valence-electron chi connectivity index (χ1n) is 14.0. The standard InChI is InChI=1S/C30H46O8/c1-21(2)15-11-7-5-9-13-17-37-29(35)25-19-23(27(31)32)24(28(33)34)20-26(25)30(36)38-18-14-10-6-8-12-16-22(3)4/h19-22H,5-18H2,1-4H3,(H,31,32)(H,33,34). The van der Waals surface area contributed by atoms with Crippen LogP contribution in [0.3, 0.4) is 0 Å². The number of rotatable bonds is 20. The Morgan fingerprint density at radius 3 is 1.18 bits per heavy atom. The van der Waals surface area contributed by atoms with Crippen molar-refractivity contribution >= 4 is 23.9 Å². The van der Waals surface area contributed by atoms with E-state index in [-0.39, 0.29) is 24.3 Å². The third-order valence-electron chi connectivity index (χ3n) is 6.38. The van der Waals surface area contributed by atoms with Gasteiger partial charge in [0.2, 0.25) is 0 Å². The Morgan fingerprint density at radius 2 is 0.868 bits per heavy atom. The predicted octanol–water partition coefficient (Wildman–Crippen LogP) is 7.39. The number of benzene rings is 1. The topological polar surface area (TPSA) is 127 Å². The molecule has 8 nitrogen and oxygen atoms in total. The second-order valence-electron chi connectivity index (χ2n) is 10.7. The Labute approximate surface area is 227 Å². The molecule has 0 bridgehead atoms. The SMILES string of the molecule is CC(C)CCCCCCCOC(=O)c1cc(C(=O)O)c(C(=O)O)cc1C(=O)OCCCCCCCC(C)C. The molecule has 2 N–H and O–H groups in total. The molecule has 0 atom stereocenters. The summed E-state index contributed by atoms with van der Waals surface area (Å²) in [6.07, 6.45) is 12.0. The average Bonchev–Trinajstić information content (AvgIpc) is 2.85. The van der Waals surface area contributed by atoms with Crippen LogP contribution < -0.4 is 0 Å². The highest BCUT2D eigenvalue weighted by Crippen LogP contribution is 2.21. The number of esters is 2. The average molecular weight is 535 g/mol. The van der Waals surface area contributed by atoms with Gasteiger partial charge in [-0.2, -0.15) is 0 Å². The van der Waals surface area contributed by atoms with E-state index in [0.717, 1.165) is 63.5 Å². The van der Waals surface area contributed by atoms with Gasteiger partial charge in [-0.25, -0.2) is 19.2 Å². The van der Waals surface area contributed by atoms with Gasteiger partial charge in [0.15, 0.2) is 0 Å². The van der Waals surface area contributed by atoms with Gasteiger partial charge in [0.05, 0.1) is 35.5 Å². The van der Waals surface area contributed by atoms with E-state index in [4.69, 9.17) is 9.47 Å².